The van der Waals surface area contributed by atoms with Crippen LogP contribution in [0.15, 0.2) is 53.6 Å². The molecule has 20 atom stereocenters. The summed E-state index contributed by atoms with van der Waals surface area (Å²) in [5.41, 5.74) is -4.95. The third-order valence-electron chi connectivity index (χ3n) is 12.5. The fourth-order valence-corrected chi connectivity index (χ4v) is 17.3. The number of nitrogens with one attached hydrogen (secondary N) is 8. The van der Waals surface area contributed by atoms with Crippen molar-refractivity contribution in [1.29, 1.82) is 0 Å². The molecule has 5 saturated heterocycles. The van der Waals surface area contributed by atoms with Gasteiger partial charge in [0.2, 0.25) is 0 Å². The maximum Gasteiger partial charge on any atom is 0.492 e. The number of hydrogen-bond acceptors (Lipinski definition) is 36. The molecule has 5 aliphatic heterocycles. The molecule has 23 N–H and O–H groups in total. The second kappa shape index (κ2) is 32.1. The molecule has 536 valence electrons. The largest absolute Gasteiger partial charge is 0.492 e. The number of aromatic amines is 8. The van der Waals surface area contributed by atoms with Gasteiger partial charge in [-0.2, -0.15) is 21.6 Å². The van der Waals surface area contributed by atoms with Crippen molar-refractivity contribution >= 4 is 99.9 Å². The number of H-pyrrole nitrogens is 8. The number of rotatable bonds is 18. The average Bonchev–Trinajstić information content (AvgIpc) is 1.27. The Bertz CT molecular complexity index is 4230. The van der Waals surface area contributed by atoms with Crippen LogP contribution in [0, 0.1) is 9.54 Å². The van der Waals surface area contributed by atoms with Crippen molar-refractivity contribution in [2.45, 2.75) is 97.7 Å². The van der Waals surface area contributed by atoms with Crippen molar-refractivity contribution in [3.8, 4) is 0 Å². The molecule has 0 aromatic carbocycles. The van der Waals surface area contributed by atoms with Gasteiger partial charge in [0.05, 0.1) is 48.7 Å². The lowest BCUT2D eigenvalue weighted by Crippen LogP contribution is -2.34. The van der Waals surface area contributed by atoms with Crippen LogP contribution in [-0.2, 0) is 86.0 Å². The summed E-state index contributed by atoms with van der Waals surface area (Å²) in [7, 11) is -32.4. The molecule has 8 unspecified atom stereocenters. The second-order valence-corrected chi connectivity index (χ2v) is 33.6. The Balaban J connectivity index is 0.000000204. The zero-order chi connectivity index (χ0) is 71.5. The first-order valence-corrected chi connectivity index (χ1v) is 38.3. The summed E-state index contributed by atoms with van der Waals surface area (Å²) < 4.78 is 133. The predicted molar refractivity (Wildman–Crippen MR) is 307 cm³/mol. The monoisotopic (exact) mass is 1590 g/mol. The van der Waals surface area contributed by atoms with Gasteiger partial charge in [0.1, 0.15) is 97.7 Å². The highest BCUT2D eigenvalue weighted by Gasteiger charge is 2.56. The Morgan fingerprint density at radius 2 is 0.789 bits per heavy atom. The summed E-state index contributed by atoms with van der Waals surface area (Å²) in [4.78, 5) is 140. The van der Waals surface area contributed by atoms with Gasteiger partial charge in [-0.05, 0) is 46.9 Å². The van der Waals surface area contributed by atoms with Gasteiger partial charge in [-0.25, -0.2) is 37.0 Å². The minimum absolute atomic E-state index is 0.0533. The van der Waals surface area contributed by atoms with Crippen LogP contribution in [0.5, 0.6) is 0 Å². The molecule has 0 bridgehead atoms. The van der Waals surface area contributed by atoms with E-state index in [1.165, 1.54) is 12.4 Å². The predicted octanol–water partition coefficient (Wildman–Crippen LogP) is -4.04. The first-order chi connectivity index (χ1) is 43.6. The summed E-state index contributed by atoms with van der Waals surface area (Å²) in [6.45, 7) is -2.80. The number of hydrogen-bond donors (Lipinski definition) is 23. The van der Waals surface area contributed by atoms with E-state index in [-0.39, 0.29) is 31.8 Å². The lowest BCUT2D eigenvalue weighted by Gasteiger charge is -2.27. The van der Waals surface area contributed by atoms with Gasteiger partial charge in [0.15, 0.2) is 9.54 Å². The molecule has 0 spiro atoms. The number of aromatic nitrogens is 8. The molecule has 0 saturated carbocycles. The average molecular weight is 1590 g/mol. The first-order valence-electron chi connectivity index (χ1n) is 25.1. The van der Waals surface area contributed by atoms with Gasteiger partial charge >= 0.3 is 64.4 Å². The molecule has 5 fully saturated rings. The lowest BCUT2D eigenvalue weighted by molar-refractivity contribution is -0.0236. The van der Waals surface area contributed by atoms with E-state index >= 15 is 0 Å². The Hall–Kier alpha value is -3.33. The van der Waals surface area contributed by atoms with Gasteiger partial charge in [-0.3, -0.25) is 52.7 Å². The fourth-order valence-electron chi connectivity index (χ4n) is 8.38. The van der Waals surface area contributed by atoms with E-state index in [4.69, 9.17) is 95.4 Å². The quantitative estimate of drug-likeness (QED) is 0.0333. The van der Waals surface area contributed by atoms with Crippen LogP contribution in [0.1, 0.15) is 46.7 Å². The molecule has 9 heterocycles. The van der Waals surface area contributed by atoms with E-state index in [0.29, 0.717) is 0 Å². The highest BCUT2D eigenvalue weighted by Crippen LogP contribution is 2.80. The minimum atomic E-state index is -5.73. The maximum absolute atomic E-state index is 12.1. The Morgan fingerprint density at radius 3 is 1.12 bits per heavy atom. The number of phosphoric ester groups is 1. The van der Waals surface area contributed by atoms with E-state index in [9.17, 15) is 106 Å². The van der Waals surface area contributed by atoms with Crippen LogP contribution >= 0.6 is 99.9 Å². The van der Waals surface area contributed by atoms with Crippen LogP contribution < -0.4 is 33.6 Å². The van der Waals surface area contributed by atoms with E-state index in [2.05, 4.69) is 65.0 Å². The summed E-state index contributed by atoms with van der Waals surface area (Å²) in [6.07, 6.45) is -21.5. The molecule has 0 amide bonds. The summed E-state index contributed by atoms with van der Waals surface area (Å²) in [5.74, 6) is 0. The maximum atomic E-state index is 12.1. The third kappa shape index (κ3) is 22.3. The topological polar surface area (TPSA) is 762 Å². The van der Waals surface area contributed by atoms with Gasteiger partial charge in [0.25, 0.3) is 22.2 Å². The number of halogens is 2. The summed E-state index contributed by atoms with van der Waals surface area (Å²) in [5, 5.41) is 88.0. The molecule has 0 radical (unpaired) electrons. The van der Waals surface area contributed by atoms with E-state index in [1.54, 1.807) is 0 Å². The van der Waals surface area contributed by atoms with Crippen molar-refractivity contribution in [1.82, 2.24) is 39.9 Å². The zero-order valence-electron chi connectivity index (χ0n) is 46.0. The molecule has 95 heavy (non-hydrogen) atoms. The smallest absolute Gasteiger partial charge is 0.394 e. The van der Waals surface area contributed by atoms with E-state index in [0.717, 1.165) is 12.4 Å². The molecule has 0 aliphatic carbocycles. The van der Waals surface area contributed by atoms with Gasteiger partial charge in [-0.15, -0.1) is 0 Å². The van der Waals surface area contributed by atoms with Gasteiger partial charge in [0, 0.05) is 24.8 Å². The fraction of sp³-hybridized carbons (Fsp3) is 0.556. The van der Waals surface area contributed by atoms with Crippen molar-refractivity contribution < 1.29 is 161 Å². The van der Waals surface area contributed by atoms with Crippen molar-refractivity contribution in [3.05, 3.63) is 119 Å². The van der Waals surface area contributed by atoms with E-state index in [1.807, 2.05) is 9.97 Å². The molecular weight excluding hydrogens is 1540 g/mol. The molecule has 4 aromatic rings. The molecule has 5 aliphatic rings. The highest BCUT2D eigenvalue weighted by atomic mass is 35.9. The number of aliphatic hydroxyl groups excluding tert-OH is 9. The number of ether oxygens (including phenoxy) is 4. The highest BCUT2D eigenvalue weighted by molar-refractivity contribution is 8.05. The van der Waals surface area contributed by atoms with Crippen LogP contribution in [-0.4, -0.2) is 215 Å². The Morgan fingerprint density at radius 1 is 0.463 bits per heavy atom. The van der Waals surface area contributed by atoms with Gasteiger partial charge in [-0.1, -0.05) is 0 Å². The SMILES string of the molecule is O=c1[nH]c(=S)[nH]cc1[C@@H]1O[C@H](CO)C(O)[C@@H]1O.O=c1[nH]c(=S)[nH]cc1[C@@H]1O[C@H](COP(=O)(Cl)Cl)C(O)[C@@H]1O.O=c1[nH]cc([C@@H]2O[C@H](COP(=O)(O)OP(=O)(O)OP(=O)(O)O)C(O)[C@@H]2O)c(=O)[nH]1.O=c1[nH]cc([C@@H]2O[C@H](COP3(=O)OP(=O)(O)OP(=O)(O)O3)C(O)[C@@H]2O)c(=O)[nH]1. The van der Waals surface area contributed by atoms with E-state index < -0.39 is 211 Å². The number of aliphatic hydroxyl groups is 9. The van der Waals surface area contributed by atoms with Crippen molar-refractivity contribution in [2.24, 2.45) is 0 Å². The normalized spacial score (nSPS) is 34.3. The zero-order valence-corrected chi connectivity index (χ0v) is 55.4. The van der Waals surface area contributed by atoms with Crippen molar-refractivity contribution in [3.63, 3.8) is 0 Å². The van der Waals surface area contributed by atoms with Gasteiger partial charge < -0.3 is 119 Å². The number of phosphoric acid groups is 6. The molecule has 48 nitrogen and oxygen atoms in total. The Labute approximate surface area is 541 Å². The Kier molecular flexibility index (Phi) is 27.3. The minimum Gasteiger partial charge on any atom is -0.394 e. The lowest BCUT2D eigenvalue weighted by atomic mass is 10.0. The standard InChI is InChI=1S/C9H11Cl2N2O6PS.C9H15N2O15P3.C9H13N2O14P3.C9H12N2O5S/c10-20(11,17)18-2-4-5(14)6(15)7(19-4)3-1-12-9(21)13-8(3)16;12-5-4(2-23-28(19,20)26-29(21,22)25-27(16,17)18)24-7(6(5)13)3-1-10-9(15)11-8(3)14;12-5-4(2-21-28(20)24-26(16,17)23-27(18,19)25-28)22-7(6(5)13)3-1-10-9(15)11-8(3)14;12-2-4-5(13)6(14)7(16-4)3-1-10-9(17)11-8(3)15/h1,4-7,14-15H,2H2,(H2,12,13,16,21);1,4-7,12-13H,2H2,(H,19,20)(H,21,22)(H2,16,17,18)(H2,10,11,14,15);1,4-7,12-13H,2H2,(H,16,17)(H,18,19)(H2,10,11,14,15);1,4-7,12-14H,2H2,(H2,10,11,15,17)/t4*4-,5?,6+,7+/m1111/s1. The van der Waals surface area contributed by atoms with Crippen LogP contribution in [0.3, 0.4) is 0 Å². The van der Waals surface area contributed by atoms with Crippen molar-refractivity contribution in [2.75, 3.05) is 26.4 Å². The molecule has 4 aromatic heterocycles. The second-order valence-electron chi connectivity index (χ2n) is 19.1. The van der Waals surface area contributed by atoms with Crippen LogP contribution in [0.25, 0.3) is 0 Å². The van der Waals surface area contributed by atoms with Crippen LogP contribution in [0.4, 0.5) is 0 Å². The molecule has 59 heteroatoms. The first kappa shape index (κ1) is 80.6. The third-order valence-corrected chi connectivity index (χ3v) is 23.1. The molecular formula is C36H51Cl2N8O40P7S2. The summed E-state index contributed by atoms with van der Waals surface area (Å²) >= 11 is 19.9. The summed E-state index contributed by atoms with van der Waals surface area (Å²) in [6, 6.07) is 0. The van der Waals surface area contributed by atoms with Crippen LogP contribution in [0.2, 0.25) is 0 Å². The molecule has 9 rings (SSSR count).